The van der Waals surface area contributed by atoms with E-state index in [2.05, 4.69) is 37.9 Å². The van der Waals surface area contributed by atoms with E-state index in [4.69, 9.17) is 10.5 Å². The molecule has 0 saturated carbocycles. The van der Waals surface area contributed by atoms with Gasteiger partial charge >= 0.3 is 0 Å². The van der Waals surface area contributed by atoms with Crippen molar-refractivity contribution in [2.45, 2.75) is 38.9 Å². The fourth-order valence-corrected chi connectivity index (χ4v) is 3.08. The SMILES string of the molecule is CC1(C)CN(CC(=O)Nc2cccc(N)c2)CC(C)(C)O1. The Hall–Kier alpha value is -1.59. The molecule has 1 heterocycles. The van der Waals surface area contributed by atoms with E-state index in [0.717, 1.165) is 18.8 Å². The van der Waals surface area contributed by atoms with Gasteiger partial charge in [0.05, 0.1) is 17.7 Å². The first-order valence-corrected chi connectivity index (χ1v) is 7.23. The Labute approximate surface area is 126 Å². The van der Waals surface area contributed by atoms with Gasteiger partial charge in [-0.3, -0.25) is 9.69 Å². The molecule has 1 fully saturated rings. The minimum atomic E-state index is -0.251. The highest BCUT2D eigenvalue weighted by atomic mass is 16.5. The zero-order valence-corrected chi connectivity index (χ0v) is 13.3. The lowest BCUT2D eigenvalue weighted by Crippen LogP contribution is -2.58. The Kier molecular flexibility index (Phi) is 4.25. The molecule has 2 rings (SSSR count). The van der Waals surface area contributed by atoms with E-state index in [1.807, 2.05) is 12.1 Å². The third kappa shape index (κ3) is 4.72. The zero-order valence-electron chi connectivity index (χ0n) is 13.3. The predicted octanol–water partition coefficient (Wildman–Crippen LogP) is 2.10. The summed E-state index contributed by atoms with van der Waals surface area (Å²) >= 11 is 0. The number of amides is 1. The van der Waals surface area contributed by atoms with E-state index in [0.29, 0.717) is 12.2 Å². The molecule has 116 valence electrons. The first-order chi connectivity index (χ1) is 9.65. The third-order valence-corrected chi connectivity index (χ3v) is 3.30. The van der Waals surface area contributed by atoms with Crippen molar-refractivity contribution in [3.8, 4) is 0 Å². The van der Waals surface area contributed by atoms with Crippen molar-refractivity contribution in [1.29, 1.82) is 0 Å². The van der Waals surface area contributed by atoms with Crippen LogP contribution in [0, 0.1) is 0 Å². The smallest absolute Gasteiger partial charge is 0.238 e. The number of morpholine rings is 1. The maximum atomic E-state index is 12.2. The van der Waals surface area contributed by atoms with Gasteiger partial charge in [-0.2, -0.15) is 0 Å². The van der Waals surface area contributed by atoms with Gasteiger partial charge in [0, 0.05) is 24.5 Å². The number of nitrogens with zero attached hydrogens (tertiary/aromatic N) is 1. The van der Waals surface area contributed by atoms with Crippen molar-refractivity contribution in [2.75, 3.05) is 30.7 Å². The number of nitrogen functional groups attached to an aromatic ring is 1. The van der Waals surface area contributed by atoms with Crippen LogP contribution >= 0.6 is 0 Å². The van der Waals surface area contributed by atoms with Gasteiger partial charge in [-0.05, 0) is 45.9 Å². The number of nitrogens with one attached hydrogen (secondary N) is 1. The topological polar surface area (TPSA) is 67.6 Å². The van der Waals surface area contributed by atoms with Crippen molar-refractivity contribution in [1.82, 2.24) is 4.90 Å². The largest absolute Gasteiger partial charge is 0.399 e. The van der Waals surface area contributed by atoms with Crippen LogP contribution in [-0.2, 0) is 9.53 Å². The van der Waals surface area contributed by atoms with Crippen molar-refractivity contribution in [2.24, 2.45) is 0 Å². The fraction of sp³-hybridized carbons (Fsp3) is 0.562. The number of hydrogen-bond donors (Lipinski definition) is 2. The zero-order chi connectivity index (χ0) is 15.7. The second-order valence-corrected chi connectivity index (χ2v) is 6.94. The van der Waals surface area contributed by atoms with Gasteiger partial charge in [0.25, 0.3) is 0 Å². The molecule has 5 nitrogen and oxygen atoms in total. The van der Waals surface area contributed by atoms with E-state index >= 15 is 0 Å². The van der Waals surface area contributed by atoms with Crippen LogP contribution in [0.5, 0.6) is 0 Å². The lowest BCUT2D eigenvalue weighted by molar-refractivity contribution is -0.180. The molecule has 1 aliphatic heterocycles. The molecular weight excluding hydrogens is 266 g/mol. The molecule has 0 atom stereocenters. The highest BCUT2D eigenvalue weighted by Crippen LogP contribution is 2.27. The number of hydrogen-bond acceptors (Lipinski definition) is 4. The van der Waals surface area contributed by atoms with E-state index in [1.54, 1.807) is 12.1 Å². The van der Waals surface area contributed by atoms with E-state index < -0.39 is 0 Å². The van der Waals surface area contributed by atoms with Gasteiger partial charge < -0.3 is 15.8 Å². The normalized spacial score (nSPS) is 21.0. The van der Waals surface area contributed by atoms with E-state index in [-0.39, 0.29) is 17.1 Å². The van der Waals surface area contributed by atoms with Crippen molar-refractivity contribution in [3.05, 3.63) is 24.3 Å². The first kappa shape index (κ1) is 15.8. The molecule has 0 aliphatic carbocycles. The van der Waals surface area contributed by atoms with Gasteiger partial charge in [0.1, 0.15) is 0 Å². The Balaban J connectivity index is 1.96. The van der Waals surface area contributed by atoms with Crippen LogP contribution in [0.15, 0.2) is 24.3 Å². The van der Waals surface area contributed by atoms with Crippen molar-refractivity contribution >= 4 is 17.3 Å². The van der Waals surface area contributed by atoms with Crippen LogP contribution in [0.1, 0.15) is 27.7 Å². The standard InChI is InChI=1S/C16H25N3O2/c1-15(2)10-19(11-16(3,4)21-15)9-14(20)18-13-7-5-6-12(17)8-13/h5-8H,9-11,17H2,1-4H3,(H,18,20). The maximum absolute atomic E-state index is 12.2. The molecule has 0 spiro atoms. The summed E-state index contributed by atoms with van der Waals surface area (Å²) in [5.74, 6) is -0.0332. The highest BCUT2D eigenvalue weighted by Gasteiger charge is 2.38. The van der Waals surface area contributed by atoms with Gasteiger partial charge in [-0.25, -0.2) is 0 Å². The molecule has 1 amide bonds. The number of anilines is 2. The van der Waals surface area contributed by atoms with E-state index in [9.17, 15) is 4.79 Å². The Bertz CT molecular complexity index is 510. The summed E-state index contributed by atoms with van der Waals surface area (Å²) in [4.78, 5) is 14.3. The summed E-state index contributed by atoms with van der Waals surface area (Å²) in [6, 6.07) is 7.21. The van der Waals surface area contributed by atoms with Crippen LogP contribution in [0.2, 0.25) is 0 Å². The molecule has 0 radical (unpaired) electrons. The summed E-state index contributed by atoms with van der Waals surface area (Å²) in [5.41, 5.74) is 6.58. The fourth-order valence-electron chi connectivity index (χ4n) is 3.08. The summed E-state index contributed by atoms with van der Waals surface area (Å²) in [6.07, 6.45) is 0. The minimum absolute atomic E-state index is 0.0332. The summed E-state index contributed by atoms with van der Waals surface area (Å²) in [5, 5.41) is 2.88. The van der Waals surface area contributed by atoms with Crippen molar-refractivity contribution < 1.29 is 9.53 Å². The van der Waals surface area contributed by atoms with Crippen LogP contribution < -0.4 is 11.1 Å². The van der Waals surface area contributed by atoms with Gasteiger partial charge in [-0.1, -0.05) is 6.07 Å². The molecule has 1 aliphatic rings. The van der Waals surface area contributed by atoms with Crippen LogP contribution in [-0.4, -0.2) is 41.6 Å². The maximum Gasteiger partial charge on any atom is 0.238 e. The molecule has 5 heteroatoms. The van der Waals surface area contributed by atoms with Crippen molar-refractivity contribution in [3.63, 3.8) is 0 Å². The Morgan fingerprint density at radius 3 is 2.48 bits per heavy atom. The van der Waals surface area contributed by atoms with Gasteiger partial charge in [0.2, 0.25) is 5.91 Å². The quantitative estimate of drug-likeness (QED) is 0.837. The lowest BCUT2D eigenvalue weighted by atomic mass is 9.99. The third-order valence-electron chi connectivity index (χ3n) is 3.30. The van der Waals surface area contributed by atoms with Crippen LogP contribution in [0.3, 0.4) is 0 Å². The number of benzene rings is 1. The summed E-state index contributed by atoms with van der Waals surface area (Å²) in [6.45, 7) is 10.0. The molecule has 21 heavy (non-hydrogen) atoms. The molecule has 0 bridgehead atoms. The number of carbonyl (C=O) groups is 1. The second-order valence-electron chi connectivity index (χ2n) is 6.94. The number of ether oxygens (including phenoxy) is 1. The first-order valence-electron chi connectivity index (χ1n) is 7.23. The predicted molar refractivity (Wildman–Crippen MR) is 85.2 cm³/mol. The van der Waals surface area contributed by atoms with Gasteiger partial charge in [0.15, 0.2) is 0 Å². The molecule has 1 aromatic rings. The van der Waals surface area contributed by atoms with Crippen LogP contribution in [0.25, 0.3) is 0 Å². The second kappa shape index (κ2) is 5.66. The number of nitrogens with two attached hydrogens (primary N) is 1. The number of carbonyl (C=O) groups excluding carboxylic acids is 1. The van der Waals surface area contributed by atoms with Gasteiger partial charge in [-0.15, -0.1) is 0 Å². The lowest BCUT2D eigenvalue weighted by Gasteiger charge is -2.46. The highest BCUT2D eigenvalue weighted by molar-refractivity contribution is 5.92. The molecule has 0 aromatic heterocycles. The molecule has 3 N–H and O–H groups in total. The summed E-state index contributed by atoms with van der Waals surface area (Å²) < 4.78 is 6.02. The Morgan fingerprint density at radius 1 is 1.29 bits per heavy atom. The van der Waals surface area contributed by atoms with Crippen LogP contribution in [0.4, 0.5) is 11.4 Å². The monoisotopic (exact) mass is 291 g/mol. The van der Waals surface area contributed by atoms with E-state index in [1.165, 1.54) is 0 Å². The average molecular weight is 291 g/mol. The summed E-state index contributed by atoms with van der Waals surface area (Å²) in [7, 11) is 0. The average Bonchev–Trinajstić information content (AvgIpc) is 2.23. The Morgan fingerprint density at radius 2 is 1.90 bits per heavy atom. The minimum Gasteiger partial charge on any atom is -0.399 e. The molecule has 1 aromatic carbocycles. The molecule has 0 unspecified atom stereocenters. The molecule has 1 saturated heterocycles. The number of rotatable bonds is 3. The molecular formula is C16H25N3O2.